The van der Waals surface area contributed by atoms with E-state index in [0.29, 0.717) is 48.9 Å². The predicted octanol–water partition coefficient (Wildman–Crippen LogP) is 3.18. The van der Waals surface area contributed by atoms with Crippen LogP contribution in [0.5, 0.6) is 0 Å². The van der Waals surface area contributed by atoms with Gasteiger partial charge in [-0.15, -0.1) is 0 Å². The Bertz CT molecular complexity index is 1060. The van der Waals surface area contributed by atoms with E-state index in [4.69, 9.17) is 25.3 Å². The van der Waals surface area contributed by atoms with Crippen LogP contribution in [-0.4, -0.2) is 77.8 Å². The van der Waals surface area contributed by atoms with E-state index in [1.54, 1.807) is 0 Å². The topological polar surface area (TPSA) is 87.5 Å². The summed E-state index contributed by atoms with van der Waals surface area (Å²) in [6, 6.07) is 16.1. The maximum atomic E-state index is 13.3. The molecular weight excluding hydrogens is 689 g/mol. The predicted molar refractivity (Wildman–Crippen MR) is 152 cm³/mol. The molecule has 2 aromatic rings. The van der Waals surface area contributed by atoms with E-state index in [0.717, 1.165) is 45.3 Å². The molecule has 2 aromatic carbocycles. The standard InChI is InChI=1S/C29H41N3O2S2.O.Re/c1-2-27(33)29-25(23-9-8-21-6-3-4-7-22(21)18-23)19-24-10-11-26(29)32(24)14-5-13-31(15-17-36)20-28(34)30-12-16-35;;/h3-4,6-9,18,24-26,29,35-36H,2,5,10-17,19-20H2,1H3,(H,30,34);;/q;-2;/p-3/t24?,25-,26-,29+;;/m1../s1. The smallest absolute Gasteiger partial charge is 0.137 e. The van der Waals surface area contributed by atoms with Gasteiger partial charge in [-0.2, -0.15) is 11.5 Å². The molecule has 38 heavy (non-hydrogen) atoms. The van der Waals surface area contributed by atoms with Gasteiger partial charge in [0.1, 0.15) is 5.78 Å². The normalized spacial score (nSPS) is 23.3. The third-order valence-corrected chi connectivity index (χ3v) is 8.39. The van der Waals surface area contributed by atoms with Gasteiger partial charge in [0.05, 0.1) is 0 Å². The van der Waals surface area contributed by atoms with Gasteiger partial charge in [0.15, 0.2) is 0 Å². The molecule has 6 nitrogen and oxygen atoms in total. The van der Waals surface area contributed by atoms with Crippen LogP contribution in [0.2, 0.25) is 0 Å². The number of carbonyl (C=O) groups excluding carboxylic acids is 1. The molecule has 0 amide bonds. The summed E-state index contributed by atoms with van der Waals surface area (Å²) in [4.78, 5) is 22.1. The molecule has 0 aliphatic carbocycles. The Labute approximate surface area is 252 Å². The minimum Gasteiger partial charge on any atom is -2.00 e. The van der Waals surface area contributed by atoms with Gasteiger partial charge < -0.3 is 45.7 Å². The molecule has 0 spiro atoms. The maximum Gasteiger partial charge on any atom is 0.137 e. The Morgan fingerprint density at radius 1 is 1.11 bits per heavy atom. The van der Waals surface area contributed by atoms with Crippen LogP contribution in [0.25, 0.3) is 10.8 Å². The summed E-state index contributed by atoms with van der Waals surface area (Å²) in [5.74, 6) is 1.71. The van der Waals surface area contributed by atoms with E-state index in [2.05, 4.69) is 57.3 Å². The second-order valence-electron chi connectivity index (χ2n) is 10.1. The Morgan fingerprint density at radius 2 is 1.87 bits per heavy atom. The van der Waals surface area contributed by atoms with Crippen molar-refractivity contribution in [3.8, 4) is 0 Å². The average molecular weight is 727 g/mol. The van der Waals surface area contributed by atoms with Crippen molar-refractivity contribution in [3.63, 3.8) is 0 Å². The van der Waals surface area contributed by atoms with Gasteiger partial charge >= 0.3 is 0 Å². The first-order chi connectivity index (χ1) is 17.5. The molecule has 0 aromatic heterocycles. The fraction of sp³-hybridized carbons (Fsp3) is 0.586. The van der Waals surface area contributed by atoms with Crippen molar-refractivity contribution in [2.24, 2.45) is 10.9 Å². The number of piperidine rings is 1. The molecule has 211 valence electrons. The molecule has 0 N–H and O–H groups in total. The van der Waals surface area contributed by atoms with Gasteiger partial charge in [0.25, 0.3) is 0 Å². The van der Waals surface area contributed by atoms with E-state index in [1.165, 1.54) is 16.3 Å². The SMILES string of the molecule is CCC(=O)[C@H]1[C@@H](c2ccc3ccccc3c2)CC2CC[C@H]1N2CCCN(CC[S-])CC([O-])=NCC[S-].[O-2].[Re]. The molecule has 9 heteroatoms. The number of nitrogens with zero attached hydrogens (tertiary/aromatic N) is 3. The van der Waals surface area contributed by atoms with E-state index >= 15 is 0 Å². The molecule has 0 saturated carbocycles. The summed E-state index contributed by atoms with van der Waals surface area (Å²) in [6.07, 6.45) is 4.85. The summed E-state index contributed by atoms with van der Waals surface area (Å²) in [6.45, 7) is 5.24. The number of rotatable bonds is 13. The first kappa shape index (κ1) is 33.3. The third kappa shape index (κ3) is 8.07. The molecular formula is C29H38N3O3ReS2-5. The zero-order chi connectivity index (χ0) is 25.5. The van der Waals surface area contributed by atoms with Gasteiger partial charge in [0, 0.05) is 57.9 Å². The van der Waals surface area contributed by atoms with Crippen LogP contribution < -0.4 is 5.11 Å². The van der Waals surface area contributed by atoms with Crippen molar-refractivity contribution in [2.45, 2.75) is 57.0 Å². The van der Waals surface area contributed by atoms with Gasteiger partial charge in [-0.3, -0.25) is 9.69 Å². The van der Waals surface area contributed by atoms with Crippen LogP contribution in [0.1, 0.15) is 50.5 Å². The van der Waals surface area contributed by atoms with Gasteiger partial charge in [-0.05, 0) is 73.5 Å². The summed E-state index contributed by atoms with van der Waals surface area (Å²) in [5, 5.41) is 14.6. The number of ketones is 1. The third-order valence-electron chi connectivity index (χ3n) is 8.02. The molecule has 4 rings (SSSR count). The van der Waals surface area contributed by atoms with Crippen LogP contribution in [0.4, 0.5) is 0 Å². The molecule has 1 radical (unpaired) electrons. The summed E-state index contributed by atoms with van der Waals surface area (Å²) >= 11 is 10.1. The van der Waals surface area contributed by atoms with Crippen molar-refractivity contribution in [1.29, 1.82) is 0 Å². The minimum atomic E-state index is -0.104. The Balaban J connectivity index is 0.00000253. The van der Waals surface area contributed by atoms with Crippen molar-refractivity contribution in [3.05, 3.63) is 48.0 Å². The Hall–Kier alpha value is -0.918. The number of hydrogen-bond donors (Lipinski definition) is 0. The van der Waals surface area contributed by atoms with Gasteiger partial charge in [-0.25, -0.2) is 0 Å². The minimum absolute atomic E-state index is 0. The van der Waals surface area contributed by atoms with Crippen LogP contribution >= 0.6 is 0 Å². The molecule has 1 unspecified atom stereocenters. The van der Waals surface area contributed by atoms with Crippen molar-refractivity contribution in [2.75, 3.05) is 44.2 Å². The fourth-order valence-corrected chi connectivity index (χ4v) is 6.75. The molecule has 2 saturated heterocycles. The Kier molecular flexibility index (Phi) is 14.3. The zero-order valence-corrected chi connectivity index (χ0v) is 26.4. The summed E-state index contributed by atoms with van der Waals surface area (Å²) < 4.78 is 0. The molecule has 2 bridgehead atoms. The van der Waals surface area contributed by atoms with Crippen molar-refractivity contribution < 1.29 is 35.8 Å². The molecule has 2 heterocycles. The van der Waals surface area contributed by atoms with Crippen LogP contribution in [0, 0.1) is 5.92 Å². The number of aliphatic imine (C=N–C) groups is 1. The second-order valence-corrected chi connectivity index (χ2v) is 11.0. The molecule has 2 fully saturated rings. The number of hydrogen-bond acceptors (Lipinski definition) is 7. The number of fused-ring (bicyclic) bond motifs is 3. The monoisotopic (exact) mass is 727 g/mol. The fourth-order valence-electron chi connectivity index (χ4n) is 6.41. The summed E-state index contributed by atoms with van der Waals surface area (Å²) in [5.41, 5.74) is 1.31. The molecule has 2 aliphatic rings. The van der Waals surface area contributed by atoms with Crippen LogP contribution in [-0.2, 0) is 56.0 Å². The number of benzene rings is 2. The zero-order valence-electron chi connectivity index (χ0n) is 22.1. The summed E-state index contributed by atoms with van der Waals surface area (Å²) in [7, 11) is 0. The van der Waals surface area contributed by atoms with Gasteiger partial charge in [0.2, 0.25) is 0 Å². The first-order valence-electron chi connectivity index (χ1n) is 13.4. The Morgan fingerprint density at radius 3 is 2.58 bits per heavy atom. The number of Topliss-reactive ketones (excluding diaryl/α,β-unsaturated/α-hetero) is 1. The quantitative estimate of drug-likeness (QED) is 0.179. The van der Waals surface area contributed by atoms with Gasteiger partial charge in [-0.1, -0.05) is 49.4 Å². The number of carbonyl (C=O) groups is 1. The largest absolute Gasteiger partial charge is 2.00 e. The van der Waals surface area contributed by atoms with Crippen molar-refractivity contribution >= 4 is 47.7 Å². The van der Waals surface area contributed by atoms with E-state index in [-0.39, 0.29) is 43.6 Å². The maximum absolute atomic E-state index is 13.3. The van der Waals surface area contributed by atoms with E-state index in [9.17, 15) is 9.90 Å². The van der Waals surface area contributed by atoms with E-state index < -0.39 is 0 Å². The van der Waals surface area contributed by atoms with Crippen molar-refractivity contribution in [1.82, 2.24) is 9.80 Å². The van der Waals surface area contributed by atoms with Crippen LogP contribution in [0.15, 0.2) is 47.5 Å². The first-order valence-corrected chi connectivity index (χ1v) is 14.6. The average Bonchev–Trinajstić information content (AvgIpc) is 3.17. The second kappa shape index (κ2) is 16.4. The van der Waals surface area contributed by atoms with Crippen LogP contribution in [0.3, 0.4) is 0 Å². The molecule has 4 atom stereocenters. The molecule has 2 aliphatic heterocycles. The van der Waals surface area contributed by atoms with E-state index in [1.807, 2.05) is 6.92 Å².